The second-order valence-corrected chi connectivity index (χ2v) is 7.35. The van der Waals surface area contributed by atoms with E-state index < -0.39 is 34.1 Å². The average Bonchev–Trinajstić information content (AvgIpc) is 2.45. The summed E-state index contributed by atoms with van der Waals surface area (Å²) in [7, 11) is -1.82. The number of hydrogen-bond donors (Lipinski definition) is 1. The van der Waals surface area contributed by atoms with Crippen molar-refractivity contribution in [1.82, 2.24) is 4.90 Å². The van der Waals surface area contributed by atoms with Crippen LogP contribution in [0, 0.1) is 0 Å². The number of carbonyl (C=O) groups excluding carboxylic acids is 1. The maximum absolute atomic E-state index is 11.9. The van der Waals surface area contributed by atoms with Gasteiger partial charge in [0, 0.05) is 13.6 Å². The minimum Gasteiger partial charge on any atom is -0.482 e. The van der Waals surface area contributed by atoms with Crippen LogP contribution in [0.1, 0.15) is 18.9 Å². The largest absolute Gasteiger partial charge is 0.482 e. The first-order chi connectivity index (χ1) is 10.7. The summed E-state index contributed by atoms with van der Waals surface area (Å²) in [6, 6.07) is 6.60. The number of carbonyl (C=O) groups is 2. The van der Waals surface area contributed by atoms with Gasteiger partial charge in [0.1, 0.15) is 11.5 Å². The number of nitrogens with zero attached hydrogens (tertiary/aromatic N) is 1. The van der Waals surface area contributed by atoms with E-state index in [-0.39, 0.29) is 12.3 Å². The van der Waals surface area contributed by atoms with E-state index in [4.69, 9.17) is 9.84 Å². The highest BCUT2D eigenvalue weighted by Gasteiger charge is 2.18. The van der Waals surface area contributed by atoms with Gasteiger partial charge in [-0.15, -0.1) is 0 Å². The smallest absolute Gasteiger partial charge is 0.341 e. The Balaban J connectivity index is 2.58. The maximum Gasteiger partial charge on any atom is 0.341 e. The molecule has 8 heteroatoms. The van der Waals surface area contributed by atoms with Crippen molar-refractivity contribution in [2.24, 2.45) is 0 Å². The van der Waals surface area contributed by atoms with Crippen molar-refractivity contribution >= 4 is 21.7 Å². The molecule has 0 aliphatic rings. The molecule has 1 rings (SSSR count). The fraction of sp³-hybridized carbons (Fsp3) is 0.467. The summed E-state index contributed by atoms with van der Waals surface area (Å²) in [4.78, 5) is 23.7. The van der Waals surface area contributed by atoms with Crippen LogP contribution in [0.4, 0.5) is 0 Å². The van der Waals surface area contributed by atoms with E-state index in [2.05, 4.69) is 0 Å². The number of carboxylic acids is 1. The van der Waals surface area contributed by atoms with Crippen LogP contribution in [0.2, 0.25) is 0 Å². The van der Waals surface area contributed by atoms with E-state index in [0.717, 1.165) is 5.56 Å². The average molecular weight is 343 g/mol. The molecule has 0 aromatic heterocycles. The Labute approximate surface area is 135 Å². The molecule has 0 radical (unpaired) electrons. The van der Waals surface area contributed by atoms with Gasteiger partial charge in [-0.1, -0.05) is 19.1 Å². The van der Waals surface area contributed by atoms with Crippen LogP contribution in [0.3, 0.4) is 0 Å². The van der Waals surface area contributed by atoms with Crippen molar-refractivity contribution in [2.45, 2.75) is 19.9 Å². The van der Waals surface area contributed by atoms with E-state index in [0.29, 0.717) is 12.2 Å². The van der Waals surface area contributed by atoms with E-state index in [1.54, 1.807) is 38.2 Å². The van der Waals surface area contributed by atoms with Crippen LogP contribution < -0.4 is 4.74 Å². The van der Waals surface area contributed by atoms with Gasteiger partial charge in [0.15, 0.2) is 16.4 Å². The lowest BCUT2D eigenvalue weighted by atomic mass is 10.2. The molecule has 1 amide bonds. The molecule has 0 saturated heterocycles. The summed E-state index contributed by atoms with van der Waals surface area (Å²) in [5, 5.41) is 8.52. The highest BCUT2D eigenvalue weighted by Crippen LogP contribution is 2.13. The van der Waals surface area contributed by atoms with Crippen molar-refractivity contribution < 1.29 is 27.9 Å². The number of sulfone groups is 1. The fourth-order valence-electron chi connectivity index (χ4n) is 1.88. The predicted octanol–water partition coefficient (Wildman–Crippen LogP) is 0.933. The molecule has 0 aliphatic carbocycles. The van der Waals surface area contributed by atoms with Gasteiger partial charge in [0.2, 0.25) is 5.91 Å². The lowest BCUT2D eigenvalue weighted by Gasteiger charge is -2.17. The van der Waals surface area contributed by atoms with Gasteiger partial charge in [0.05, 0.1) is 5.75 Å². The first-order valence-electron chi connectivity index (χ1n) is 7.11. The molecule has 0 aliphatic heterocycles. The van der Waals surface area contributed by atoms with Crippen LogP contribution in [0.25, 0.3) is 0 Å². The summed E-state index contributed by atoms with van der Waals surface area (Å²) in [6.45, 7) is 1.59. The third-order valence-electron chi connectivity index (χ3n) is 2.99. The Morgan fingerprint density at radius 2 is 1.83 bits per heavy atom. The number of ether oxygens (including phenoxy) is 1. The quantitative estimate of drug-likeness (QED) is 0.716. The third-order valence-corrected chi connectivity index (χ3v) is 4.71. The molecule has 0 saturated carbocycles. The normalized spacial score (nSPS) is 11.0. The first kappa shape index (κ1) is 19.0. The van der Waals surface area contributed by atoms with Crippen LogP contribution >= 0.6 is 0 Å². The van der Waals surface area contributed by atoms with E-state index >= 15 is 0 Å². The van der Waals surface area contributed by atoms with Gasteiger partial charge in [0.25, 0.3) is 0 Å². The second-order valence-electron chi connectivity index (χ2n) is 5.17. The van der Waals surface area contributed by atoms with Gasteiger partial charge in [-0.2, -0.15) is 0 Å². The molecule has 1 aromatic rings. The summed E-state index contributed by atoms with van der Waals surface area (Å²) >= 11 is 0. The van der Waals surface area contributed by atoms with Crippen molar-refractivity contribution in [3.8, 4) is 5.75 Å². The zero-order valence-corrected chi connectivity index (χ0v) is 14.0. The third kappa shape index (κ3) is 7.14. The molecule has 0 heterocycles. The number of rotatable bonds is 9. The second kappa shape index (κ2) is 8.52. The molecule has 128 valence electrons. The summed E-state index contributed by atoms with van der Waals surface area (Å²) in [5.74, 6) is -1.59. The van der Waals surface area contributed by atoms with Crippen molar-refractivity contribution in [1.29, 1.82) is 0 Å². The molecule has 0 unspecified atom stereocenters. The highest BCUT2D eigenvalue weighted by atomic mass is 32.2. The Morgan fingerprint density at radius 3 is 2.35 bits per heavy atom. The summed E-state index contributed by atoms with van der Waals surface area (Å²) in [6.07, 6.45) is 0.483. The van der Waals surface area contributed by atoms with E-state index in [9.17, 15) is 18.0 Å². The Morgan fingerprint density at radius 1 is 1.22 bits per heavy atom. The zero-order valence-electron chi connectivity index (χ0n) is 13.2. The molecular formula is C15H21NO6S. The highest BCUT2D eigenvalue weighted by molar-refractivity contribution is 7.92. The first-order valence-corrected chi connectivity index (χ1v) is 8.93. The standard InChI is InChI=1S/C15H21NO6S/c1-3-8-23(20,21)11-14(17)16(2)9-12-4-6-13(7-5-12)22-10-15(18)19/h4-7H,3,8-11H2,1-2H3,(H,18,19). The molecule has 1 aromatic carbocycles. The molecule has 0 bridgehead atoms. The Bertz CT molecular complexity index is 638. The number of amides is 1. The number of hydrogen-bond acceptors (Lipinski definition) is 5. The van der Waals surface area contributed by atoms with Crippen molar-refractivity contribution in [3.05, 3.63) is 29.8 Å². The van der Waals surface area contributed by atoms with Gasteiger partial charge in [-0.25, -0.2) is 13.2 Å². The van der Waals surface area contributed by atoms with Gasteiger partial charge < -0.3 is 14.7 Å². The maximum atomic E-state index is 11.9. The minimum absolute atomic E-state index is 0.00218. The molecule has 0 atom stereocenters. The fourth-order valence-corrected chi connectivity index (χ4v) is 3.24. The molecule has 23 heavy (non-hydrogen) atoms. The number of aliphatic carboxylic acids is 1. The summed E-state index contributed by atoms with van der Waals surface area (Å²) in [5.41, 5.74) is 0.788. The minimum atomic E-state index is -3.36. The van der Waals surface area contributed by atoms with Crippen molar-refractivity contribution in [2.75, 3.05) is 25.2 Å². The topological polar surface area (TPSA) is 101 Å². The van der Waals surface area contributed by atoms with Crippen LogP contribution in [-0.4, -0.2) is 55.5 Å². The van der Waals surface area contributed by atoms with E-state index in [1.165, 1.54) is 4.90 Å². The van der Waals surface area contributed by atoms with Crippen LogP contribution in [-0.2, 0) is 26.0 Å². The SMILES string of the molecule is CCCS(=O)(=O)CC(=O)N(C)Cc1ccc(OCC(=O)O)cc1. The zero-order chi connectivity index (χ0) is 17.5. The van der Waals surface area contributed by atoms with Crippen LogP contribution in [0.5, 0.6) is 5.75 Å². The van der Waals surface area contributed by atoms with Crippen molar-refractivity contribution in [3.63, 3.8) is 0 Å². The lowest BCUT2D eigenvalue weighted by molar-refractivity contribution is -0.139. The monoisotopic (exact) mass is 343 g/mol. The molecule has 0 spiro atoms. The molecule has 1 N–H and O–H groups in total. The van der Waals surface area contributed by atoms with Crippen LogP contribution in [0.15, 0.2) is 24.3 Å². The summed E-state index contributed by atoms with van der Waals surface area (Å²) < 4.78 is 28.3. The predicted molar refractivity (Wildman–Crippen MR) is 85.0 cm³/mol. The Kier molecular flexibility index (Phi) is 7.02. The van der Waals surface area contributed by atoms with Gasteiger partial charge in [-0.05, 0) is 24.1 Å². The molecular weight excluding hydrogens is 322 g/mol. The lowest BCUT2D eigenvalue weighted by Crippen LogP contribution is -2.32. The molecule has 0 fully saturated rings. The van der Waals surface area contributed by atoms with Gasteiger partial charge in [-0.3, -0.25) is 4.79 Å². The number of carboxylic acid groups (broad SMARTS) is 1. The number of benzene rings is 1. The molecule has 7 nitrogen and oxygen atoms in total. The van der Waals surface area contributed by atoms with Gasteiger partial charge >= 0.3 is 5.97 Å². The Hall–Kier alpha value is -2.09. The van der Waals surface area contributed by atoms with E-state index in [1.807, 2.05) is 0 Å².